The van der Waals surface area contributed by atoms with Crippen LogP contribution in [0.3, 0.4) is 0 Å². The van der Waals surface area contributed by atoms with Gasteiger partial charge >= 0.3 is 0 Å². The number of hydrogen-bond donors (Lipinski definition) is 0. The van der Waals surface area contributed by atoms with E-state index in [2.05, 4.69) is 38.4 Å². The standard InChI is InChI=1S/C12H20Si/c1-5-9-10-11-12-13(6-2,7-3)8-4/h6-8,11-12H,2-5,9-10H2,1H3/b12-11+. The van der Waals surface area contributed by atoms with Crippen LogP contribution in [0, 0.1) is 0 Å². The maximum absolute atomic E-state index is 3.84. The van der Waals surface area contributed by atoms with Crippen molar-refractivity contribution in [3.63, 3.8) is 0 Å². The van der Waals surface area contributed by atoms with Crippen molar-refractivity contribution in [3.8, 4) is 0 Å². The summed E-state index contributed by atoms with van der Waals surface area (Å²) in [6, 6.07) is 0. The Hall–Kier alpha value is -0.823. The largest absolute Gasteiger partial charge is 0.148 e. The Morgan fingerprint density at radius 2 is 1.62 bits per heavy atom. The second-order valence-electron chi connectivity index (χ2n) is 3.16. The molecule has 0 unspecified atom stereocenters. The number of unbranched alkanes of at least 4 members (excludes halogenated alkanes) is 2. The Labute approximate surface area is 83.4 Å². The highest BCUT2D eigenvalue weighted by atomic mass is 28.3. The molecule has 0 spiro atoms. The molecule has 13 heavy (non-hydrogen) atoms. The fraction of sp³-hybridized carbons (Fsp3) is 0.333. The lowest BCUT2D eigenvalue weighted by atomic mass is 10.2. The van der Waals surface area contributed by atoms with Gasteiger partial charge in [0.15, 0.2) is 0 Å². The molecule has 0 fully saturated rings. The van der Waals surface area contributed by atoms with Gasteiger partial charge in [-0.3, -0.25) is 0 Å². The average Bonchev–Trinajstić information content (AvgIpc) is 2.20. The van der Waals surface area contributed by atoms with Crippen molar-refractivity contribution in [2.75, 3.05) is 0 Å². The van der Waals surface area contributed by atoms with Gasteiger partial charge in [-0.2, -0.15) is 0 Å². The summed E-state index contributed by atoms with van der Waals surface area (Å²) < 4.78 is 0. The highest BCUT2D eigenvalue weighted by molar-refractivity contribution is 6.97. The lowest BCUT2D eigenvalue weighted by molar-refractivity contribution is 0.815. The molecule has 0 amide bonds. The van der Waals surface area contributed by atoms with Gasteiger partial charge in [-0.1, -0.05) is 48.6 Å². The average molecular weight is 192 g/mol. The number of allylic oxidation sites excluding steroid dienone is 1. The Morgan fingerprint density at radius 1 is 1.08 bits per heavy atom. The van der Waals surface area contributed by atoms with E-state index in [0.29, 0.717) is 0 Å². The zero-order chi connectivity index (χ0) is 10.2. The molecule has 0 saturated carbocycles. The molecule has 0 aliphatic heterocycles. The predicted octanol–water partition coefficient (Wildman–Crippen LogP) is 3.90. The van der Waals surface area contributed by atoms with Crippen molar-refractivity contribution >= 4 is 8.07 Å². The van der Waals surface area contributed by atoms with Crippen molar-refractivity contribution in [1.82, 2.24) is 0 Å². The van der Waals surface area contributed by atoms with Gasteiger partial charge in [0.25, 0.3) is 0 Å². The molecule has 0 atom stereocenters. The number of hydrogen-bond acceptors (Lipinski definition) is 0. The van der Waals surface area contributed by atoms with Gasteiger partial charge in [0.05, 0.1) is 0 Å². The third-order valence-electron chi connectivity index (χ3n) is 2.19. The van der Waals surface area contributed by atoms with Crippen molar-refractivity contribution in [2.24, 2.45) is 0 Å². The molecule has 1 heteroatoms. The van der Waals surface area contributed by atoms with Crippen molar-refractivity contribution in [3.05, 3.63) is 48.6 Å². The third-order valence-corrected chi connectivity index (χ3v) is 5.13. The van der Waals surface area contributed by atoms with Crippen LogP contribution in [0.15, 0.2) is 48.6 Å². The highest BCUT2D eigenvalue weighted by Gasteiger charge is 2.16. The Morgan fingerprint density at radius 3 is 2.00 bits per heavy atom. The Bertz CT molecular complexity index is 179. The van der Waals surface area contributed by atoms with Crippen LogP contribution in [0.2, 0.25) is 0 Å². The smallest absolute Gasteiger partial charge is 0.106 e. The molecule has 0 aliphatic rings. The molecule has 0 heterocycles. The second-order valence-corrected chi connectivity index (χ2v) is 6.72. The van der Waals surface area contributed by atoms with E-state index in [9.17, 15) is 0 Å². The third kappa shape index (κ3) is 4.09. The van der Waals surface area contributed by atoms with Gasteiger partial charge in [0, 0.05) is 0 Å². The zero-order valence-corrected chi connectivity index (χ0v) is 9.63. The van der Waals surface area contributed by atoms with E-state index in [-0.39, 0.29) is 0 Å². The summed E-state index contributed by atoms with van der Waals surface area (Å²) in [5.41, 5.74) is 8.23. The number of rotatable bonds is 7. The van der Waals surface area contributed by atoms with Crippen LogP contribution in [-0.2, 0) is 0 Å². The first kappa shape index (κ1) is 12.2. The van der Waals surface area contributed by atoms with E-state index in [1.807, 2.05) is 17.1 Å². The molecule has 0 nitrogen and oxygen atoms in total. The van der Waals surface area contributed by atoms with Crippen LogP contribution >= 0.6 is 0 Å². The quantitative estimate of drug-likeness (QED) is 0.424. The fourth-order valence-electron chi connectivity index (χ4n) is 1.06. The molecular formula is C12H20Si. The molecule has 0 radical (unpaired) electrons. The van der Waals surface area contributed by atoms with Crippen molar-refractivity contribution < 1.29 is 0 Å². The molecule has 0 N–H and O–H groups in total. The lowest BCUT2D eigenvalue weighted by Crippen LogP contribution is -2.23. The maximum Gasteiger partial charge on any atom is 0.148 e. The van der Waals surface area contributed by atoms with Crippen LogP contribution in [0.4, 0.5) is 0 Å². The minimum Gasteiger partial charge on any atom is -0.106 e. The minimum absolute atomic E-state index is 1.15. The molecule has 0 bridgehead atoms. The normalized spacial score (nSPS) is 11.5. The summed E-state index contributed by atoms with van der Waals surface area (Å²) in [5.74, 6) is 0. The molecule has 0 saturated heterocycles. The summed E-state index contributed by atoms with van der Waals surface area (Å²) >= 11 is 0. The fourth-order valence-corrected chi connectivity index (χ4v) is 2.55. The van der Waals surface area contributed by atoms with E-state index in [1.54, 1.807) is 0 Å². The molecule has 0 aliphatic carbocycles. The monoisotopic (exact) mass is 192 g/mol. The molecule has 0 aromatic heterocycles. The molecule has 0 aromatic carbocycles. The Kier molecular flexibility index (Phi) is 6.24. The molecule has 0 aromatic rings. The van der Waals surface area contributed by atoms with Crippen LogP contribution in [0.5, 0.6) is 0 Å². The lowest BCUT2D eigenvalue weighted by Gasteiger charge is -2.13. The second kappa shape index (κ2) is 6.67. The van der Waals surface area contributed by atoms with E-state index in [4.69, 9.17) is 0 Å². The van der Waals surface area contributed by atoms with Crippen LogP contribution < -0.4 is 0 Å². The summed E-state index contributed by atoms with van der Waals surface area (Å²) in [4.78, 5) is 0. The van der Waals surface area contributed by atoms with Gasteiger partial charge in [0.2, 0.25) is 0 Å². The van der Waals surface area contributed by atoms with Crippen LogP contribution in [0.25, 0.3) is 0 Å². The van der Waals surface area contributed by atoms with Gasteiger partial charge in [-0.05, 0) is 6.42 Å². The first-order valence-corrected chi connectivity index (χ1v) is 7.14. The summed E-state index contributed by atoms with van der Waals surface area (Å²) in [6.07, 6.45) is 5.89. The predicted molar refractivity (Wildman–Crippen MR) is 65.0 cm³/mol. The summed E-state index contributed by atoms with van der Waals surface area (Å²) in [5, 5.41) is 0. The minimum atomic E-state index is -1.66. The van der Waals surface area contributed by atoms with E-state index >= 15 is 0 Å². The van der Waals surface area contributed by atoms with Gasteiger partial charge < -0.3 is 0 Å². The van der Waals surface area contributed by atoms with Gasteiger partial charge in [-0.25, -0.2) is 0 Å². The summed E-state index contributed by atoms with van der Waals surface area (Å²) in [6.45, 7) is 13.7. The van der Waals surface area contributed by atoms with E-state index < -0.39 is 8.07 Å². The maximum atomic E-state index is 3.84. The van der Waals surface area contributed by atoms with E-state index in [1.165, 1.54) is 12.8 Å². The first-order chi connectivity index (χ1) is 6.24. The topological polar surface area (TPSA) is 0 Å². The SMILES string of the molecule is C=C[Si](C=C)(C=C)/C=C/CCCC. The molecular weight excluding hydrogens is 172 g/mol. The molecule has 72 valence electrons. The molecule has 0 rings (SSSR count). The van der Waals surface area contributed by atoms with Crippen LogP contribution in [0.1, 0.15) is 26.2 Å². The Balaban J connectivity index is 4.24. The van der Waals surface area contributed by atoms with E-state index in [0.717, 1.165) is 6.42 Å². The first-order valence-electron chi connectivity index (χ1n) is 4.83. The summed E-state index contributed by atoms with van der Waals surface area (Å²) in [7, 11) is -1.66. The van der Waals surface area contributed by atoms with Crippen molar-refractivity contribution in [2.45, 2.75) is 26.2 Å². The zero-order valence-electron chi connectivity index (χ0n) is 8.63. The van der Waals surface area contributed by atoms with Crippen molar-refractivity contribution in [1.29, 1.82) is 0 Å². The highest BCUT2D eigenvalue weighted by Crippen LogP contribution is 2.10. The van der Waals surface area contributed by atoms with Gasteiger partial charge in [-0.15, -0.1) is 19.7 Å². The van der Waals surface area contributed by atoms with Crippen LogP contribution in [-0.4, -0.2) is 8.07 Å². The van der Waals surface area contributed by atoms with Gasteiger partial charge in [0.1, 0.15) is 8.07 Å².